The minimum atomic E-state index is -1.37. The summed E-state index contributed by atoms with van der Waals surface area (Å²) >= 11 is 0. The summed E-state index contributed by atoms with van der Waals surface area (Å²) in [6.45, 7) is 5.60. The SMILES string of the molecule is CCN1CCN(C(=O)N[C@@H](C(=O)N[C@@H]2C(=O)N3[C@@H]2CC(C)(C)[C@@H]3C(=O)O)c2ccc(O)cc2)C(=O)C1=O. The van der Waals surface area contributed by atoms with Gasteiger partial charge in [0.1, 0.15) is 23.9 Å². The summed E-state index contributed by atoms with van der Waals surface area (Å²) in [5.41, 5.74) is -0.447. The Hall–Kier alpha value is -4.16. The first-order valence-corrected chi connectivity index (χ1v) is 11.9. The number of fused-ring (bicyclic) bond motifs is 1. The molecule has 3 aliphatic rings. The molecule has 4 rings (SSSR count). The molecule has 3 fully saturated rings. The van der Waals surface area contributed by atoms with Gasteiger partial charge in [-0.2, -0.15) is 0 Å². The van der Waals surface area contributed by atoms with Crippen LogP contribution in [-0.2, 0) is 24.0 Å². The lowest BCUT2D eigenvalue weighted by molar-refractivity contribution is -0.163. The van der Waals surface area contributed by atoms with Gasteiger partial charge in [0.05, 0.1) is 6.04 Å². The van der Waals surface area contributed by atoms with Crippen molar-refractivity contribution in [3.8, 4) is 5.75 Å². The number of phenolic OH excluding ortho intramolecular Hbond substituents is 1. The Labute approximate surface area is 212 Å². The molecule has 0 saturated carbocycles. The highest BCUT2D eigenvalue weighted by Gasteiger charge is 2.63. The Kier molecular flexibility index (Phi) is 6.57. The van der Waals surface area contributed by atoms with Crippen LogP contribution in [0.4, 0.5) is 4.79 Å². The van der Waals surface area contributed by atoms with E-state index in [1.54, 1.807) is 20.8 Å². The van der Waals surface area contributed by atoms with E-state index in [2.05, 4.69) is 10.6 Å². The van der Waals surface area contributed by atoms with Crippen LogP contribution < -0.4 is 10.6 Å². The highest BCUT2D eigenvalue weighted by molar-refractivity contribution is 6.38. The van der Waals surface area contributed by atoms with E-state index >= 15 is 0 Å². The van der Waals surface area contributed by atoms with Crippen molar-refractivity contribution in [2.45, 2.75) is 51.4 Å². The number of likely N-dealkylation sites (N-methyl/N-ethyl adjacent to an activating group) is 1. The monoisotopic (exact) mass is 515 g/mol. The molecule has 1 aromatic carbocycles. The molecule has 4 atom stereocenters. The van der Waals surface area contributed by atoms with Gasteiger partial charge < -0.3 is 30.6 Å². The third kappa shape index (κ3) is 4.45. The largest absolute Gasteiger partial charge is 0.508 e. The lowest BCUT2D eigenvalue weighted by Gasteiger charge is -2.45. The van der Waals surface area contributed by atoms with Gasteiger partial charge in [0.2, 0.25) is 11.8 Å². The van der Waals surface area contributed by atoms with Gasteiger partial charge in [-0.1, -0.05) is 26.0 Å². The first-order chi connectivity index (χ1) is 17.4. The summed E-state index contributed by atoms with van der Waals surface area (Å²) in [4.78, 5) is 78.9. The van der Waals surface area contributed by atoms with Gasteiger partial charge in [0.25, 0.3) is 0 Å². The lowest BCUT2D eigenvalue weighted by Crippen LogP contribution is -2.71. The number of β-lactam (4-membered cyclic amide) rings is 1. The van der Waals surface area contributed by atoms with Crippen LogP contribution in [0.5, 0.6) is 5.75 Å². The molecule has 3 heterocycles. The number of aromatic hydroxyl groups is 1. The number of benzene rings is 1. The number of carboxylic acids is 1. The maximum Gasteiger partial charge on any atom is 0.326 e. The van der Waals surface area contributed by atoms with E-state index in [0.717, 1.165) is 4.90 Å². The predicted octanol–water partition coefficient (Wildman–Crippen LogP) is -0.588. The highest BCUT2D eigenvalue weighted by Crippen LogP contribution is 2.46. The summed E-state index contributed by atoms with van der Waals surface area (Å²) in [6.07, 6.45) is 0.356. The van der Waals surface area contributed by atoms with Crippen molar-refractivity contribution in [2.75, 3.05) is 19.6 Å². The van der Waals surface area contributed by atoms with Gasteiger partial charge in [-0.05, 0) is 36.5 Å². The molecule has 0 aromatic heterocycles. The van der Waals surface area contributed by atoms with E-state index < -0.39 is 65.2 Å². The van der Waals surface area contributed by atoms with Crippen molar-refractivity contribution < 1.29 is 39.0 Å². The third-order valence-corrected chi connectivity index (χ3v) is 7.24. The molecule has 198 valence electrons. The number of imide groups is 1. The first kappa shape index (κ1) is 25.9. The average molecular weight is 516 g/mol. The predicted molar refractivity (Wildman–Crippen MR) is 126 cm³/mol. The summed E-state index contributed by atoms with van der Waals surface area (Å²) in [7, 11) is 0. The van der Waals surface area contributed by atoms with Crippen molar-refractivity contribution in [1.82, 2.24) is 25.3 Å². The molecule has 0 unspecified atom stereocenters. The molecule has 13 nitrogen and oxygen atoms in total. The molecule has 1 aromatic rings. The molecule has 0 radical (unpaired) electrons. The zero-order chi connectivity index (χ0) is 27.2. The number of hydrogen-bond donors (Lipinski definition) is 4. The second-order valence-electron chi connectivity index (χ2n) is 10.0. The van der Waals surface area contributed by atoms with Crippen LogP contribution in [-0.4, -0.2) is 98.3 Å². The van der Waals surface area contributed by atoms with Crippen LogP contribution in [0.2, 0.25) is 0 Å². The maximum absolute atomic E-state index is 13.4. The van der Waals surface area contributed by atoms with Crippen molar-refractivity contribution in [2.24, 2.45) is 5.41 Å². The van der Waals surface area contributed by atoms with E-state index in [0.29, 0.717) is 13.0 Å². The van der Waals surface area contributed by atoms with Gasteiger partial charge in [-0.3, -0.25) is 24.1 Å². The fraction of sp³-hybridized carbons (Fsp3) is 0.500. The molecule has 6 amide bonds. The van der Waals surface area contributed by atoms with Crippen LogP contribution in [0.1, 0.15) is 38.8 Å². The van der Waals surface area contributed by atoms with Crippen LogP contribution in [0.3, 0.4) is 0 Å². The Bertz CT molecular complexity index is 1170. The van der Waals surface area contributed by atoms with E-state index in [1.807, 2.05) is 0 Å². The minimum Gasteiger partial charge on any atom is -0.508 e. The lowest BCUT2D eigenvalue weighted by atomic mass is 9.83. The van der Waals surface area contributed by atoms with Gasteiger partial charge in [0.15, 0.2) is 0 Å². The average Bonchev–Trinajstić information content (AvgIpc) is 3.10. The number of nitrogens with zero attached hydrogens (tertiary/aromatic N) is 3. The van der Waals surface area contributed by atoms with Gasteiger partial charge >= 0.3 is 23.8 Å². The molecule has 0 aliphatic carbocycles. The fourth-order valence-corrected chi connectivity index (χ4v) is 5.32. The smallest absolute Gasteiger partial charge is 0.326 e. The summed E-state index contributed by atoms with van der Waals surface area (Å²) < 4.78 is 0. The summed E-state index contributed by atoms with van der Waals surface area (Å²) in [5, 5.41) is 24.3. The molecule has 4 N–H and O–H groups in total. The second kappa shape index (κ2) is 9.37. The van der Waals surface area contributed by atoms with Crippen LogP contribution >= 0.6 is 0 Å². The maximum atomic E-state index is 13.4. The first-order valence-electron chi connectivity index (χ1n) is 11.9. The number of phenols is 1. The molecule has 3 aliphatic heterocycles. The van der Waals surface area contributed by atoms with Gasteiger partial charge in [0, 0.05) is 19.6 Å². The van der Waals surface area contributed by atoms with Crippen LogP contribution in [0, 0.1) is 5.41 Å². The number of carbonyl (C=O) groups is 6. The van der Waals surface area contributed by atoms with E-state index in [1.165, 1.54) is 34.1 Å². The standard InChI is InChI=1S/C24H29N5O8/c1-4-27-9-10-28(21(34)20(27)33)23(37)26-15(12-5-7-13(30)8-6-12)18(31)25-16-14-11-24(2,3)17(22(35)36)29(14)19(16)32/h5-8,14-17,30H,4,9-11H2,1-3H3,(H,25,31)(H,26,37)(H,35,36)/t14-,15-,16+,17+/m1/s1. The molecular weight excluding hydrogens is 486 g/mol. The minimum absolute atomic E-state index is 0.0576. The van der Waals surface area contributed by atoms with E-state index in [4.69, 9.17) is 0 Å². The Morgan fingerprint density at radius 2 is 1.73 bits per heavy atom. The summed E-state index contributed by atoms with van der Waals surface area (Å²) in [5.74, 6) is -4.35. The zero-order valence-electron chi connectivity index (χ0n) is 20.6. The van der Waals surface area contributed by atoms with Crippen LogP contribution in [0.15, 0.2) is 24.3 Å². The molecule has 3 saturated heterocycles. The fourth-order valence-electron chi connectivity index (χ4n) is 5.32. The quantitative estimate of drug-likeness (QED) is 0.287. The number of carbonyl (C=O) groups excluding carboxylic acids is 5. The Morgan fingerprint density at radius 1 is 1.08 bits per heavy atom. The third-order valence-electron chi connectivity index (χ3n) is 7.24. The van der Waals surface area contributed by atoms with Crippen molar-refractivity contribution in [3.05, 3.63) is 29.8 Å². The molecule has 13 heteroatoms. The van der Waals surface area contributed by atoms with Crippen LogP contribution in [0.25, 0.3) is 0 Å². The van der Waals surface area contributed by atoms with Crippen molar-refractivity contribution in [3.63, 3.8) is 0 Å². The number of hydrogen-bond acceptors (Lipinski definition) is 7. The Morgan fingerprint density at radius 3 is 2.32 bits per heavy atom. The van der Waals surface area contributed by atoms with Gasteiger partial charge in [-0.25, -0.2) is 9.59 Å². The Balaban J connectivity index is 1.53. The zero-order valence-corrected chi connectivity index (χ0v) is 20.6. The molecule has 37 heavy (non-hydrogen) atoms. The second-order valence-corrected chi connectivity index (χ2v) is 10.0. The molecular formula is C24H29N5O8. The number of aliphatic carboxylic acids is 1. The number of piperazine rings is 1. The number of carboxylic acid groups (broad SMARTS) is 1. The normalized spacial score (nSPS) is 25.3. The highest BCUT2D eigenvalue weighted by atomic mass is 16.4. The topological polar surface area (TPSA) is 177 Å². The van der Waals surface area contributed by atoms with E-state index in [9.17, 15) is 39.0 Å². The van der Waals surface area contributed by atoms with E-state index in [-0.39, 0.29) is 24.4 Å². The van der Waals surface area contributed by atoms with Crippen molar-refractivity contribution >= 4 is 35.6 Å². The summed E-state index contributed by atoms with van der Waals surface area (Å²) in [6, 6.07) is 0.563. The molecule has 0 spiro atoms. The number of urea groups is 1. The number of nitrogens with one attached hydrogen (secondary N) is 2. The number of rotatable bonds is 6. The van der Waals surface area contributed by atoms with Gasteiger partial charge in [-0.15, -0.1) is 0 Å². The number of amides is 6. The molecule has 0 bridgehead atoms. The van der Waals surface area contributed by atoms with Crippen molar-refractivity contribution in [1.29, 1.82) is 0 Å².